The molecule has 0 amide bonds. The number of aryl methyl sites for hydroxylation is 1. The van der Waals surface area contributed by atoms with Gasteiger partial charge in [0.15, 0.2) is 0 Å². The van der Waals surface area contributed by atoms with Crippen molar-refractivity contribution in [3.8, 4) is 11.4 Å². The van der Waals surface area contributed by atoms with E-state index in [0.29, 0.717) is 0 Å². The zero-order valence-corrected chi connectivity index (χ0v) is 16.1. The van der Waals surface area contributed by atoms with Gasteiger partial charge >= 0.3 is 6.18 Å². The first-order valence-corrected chi connectivity index (χ1v) is 10.5. The molecular formula is C17H14F3N3O3S2. The summed E-state index contributed by atoms with van der Waals surface area (Å²) < 4.78 is 70.4. The highest BCUT2D eigenvalue weighted by Gasteiger charge is 2.41. The second-order valence-corrected chi connectivity index (χ2v) is 9.87. The van der Waals surface area contributed by atoms with Crippen LogP contribution in [0.5, 0.6) is 0 Å². The molecule has 28 heavy (non-hydrogen) atoms. The smallest absolute Gasteiger partial charge is 0.339 e. The molecular weight excluding hydrogens is 415 g/mol. The largest absolute Gasteiger partial charge is 0.416 e. The molecule has 6 nitrogen and oxygen atoms in total. The third-order valence-corrected chi connectivity index (χ3v) is 7.70. The molecule has 0 radical (unpaired) electrons. The first-order chi connectivity index (χ1) is 13.1. The van der Waals surface area contributed by atoms with Crippen LogP contribution in [-0.4, -0.2) is 36.0 Å². The van der Waals surface area contributed by atoms with Gasteiger partial charge < -0.3 is 4.52 Å². The van der Waals surface area contributed by atoms with E-state index in [0.717, 1.165) is 17.0 Å². The van der Waals surface area contributed by atoms with Crippen molar-refractivity contribution in [1.29, 1.82) is 0 Å². The molecule has 1 aliphatic rings. The Kier molecular flexibility index (Phi) is 4.55. The maximum atomic E-state index is 12.9. The summed E-state index contributed by atoms with van der Waals surface area (Å²) in [7, 11) is -3.55. The van der Waals surface area contributed by atoms with Crippen LogP contribution in [0, 0.1) is 6.92 Å². The molecule has 0 aliphatic carbocycles. The lowest BCUT2D eigenvalue weighted by Gasteiger charge is -2.35. The fourth-order valence-corrected chi connectivity index (χ4v) is 5.79. The van der Waals surface area contributed by atoms with Gasteiger partial charge in [0, 0.05) is 23.5 Å². The van der Waals surface area contributed by atoms with Crippen LogP contribution in [0.25, 0.3) is 11.4 Å². The van der Waals surface area contributed by atoms with Gasteiger partial charge in [0.1, 0.15) is 4.21 Å². The van der Waals surface area contributed by atoms with Crippen molar-refractivity contribution in [2.75, 3.05) is 13.1 Å². The van der Waals surface area contributed by atoms with Gasteiger partial charge in [-0.05, 0) is 31.2 Å². The minimum Gasteiger partial charge on any atom is -0.339 e. The first kappa shape index (κ1) is 19.1. The second kappa shape index (κ2) is 6.68. The molecule has 148 valence electrons. The Labute approximate surface area is 162 Å². The highest BCUT2D eigenvalue weighted by atomic mass is 32.2. The zero-order valence-electron chi connectivity index (χ0n) is 14.5. The fraction of sp³-hybridized carbons (Fsp3) is 0.294. The molecule has 11 heteroatoms. The Bertz CT molecular complexity index is 1120. The van der Waals surface area contributed by atoms with Crippen LogP contribution in [0.15, 0.2) is 45.1 Å². The number of alkyl halides is 3. The van der Waals surface area contributed by atoms with Crippen molar-refractivity contribution in [3.05, 3.63) is 52.7 Å². The molecule has 2 aromatic heterocycles. The molecule has 1 aromatic carbocycles. The van der Waals surface area contributed by atoms with E-state index in [1.54, 1.807) is 12.1 Å². The van der Waals surface area contributed by atoms with E-state index in [2.05, 4.69) is 10.1 Å². The van der Waals surface area contributed by atoms with Crippen LogP contribution in [0.3, 0.4) is 0 Å². The predicted molar refractivity (Wildman–Crippen MR) is 95.3 cm³/mol. The third kappa shape index (κ3) is 3.45. The van der Waals surface area contributed by atoms with Crippen LogP contribution in [0.4, 0.5) is 13.2 Å². The lowest BCUT2D eigenvalue weighted by Crippen LogP contribution is -2.48. The highest BCUT2D eigenvalue weighted by molar-refractivity contribution is 7.91. The number of aromatic nitrogens is 2. The number of halogens is 3. The topological polar surface area (TPSA) is 76.3 Å². The van der Waals surface area contributed by atoms with Gasteiger partial charge in [0.2, 0.25) is 11.7 Å². The zero-order chi connectivity index (χ0) is 20.1. The van der Waals surface area contributed by atoms with Crippen LogP contribution < -0.4 is 0 Å². The van der Waals surface area contributed by atoms with Crippen molar-refractivity contribution in [1.82, 2.24) is 14.4 Å². The van der Waals surface area contributed by atoms with Gasteiger partial charge in [0.05, 0.1) is 11.5 Å². The quantitative estimate of drug-likeness (QED) is 0.629. The van der Waals surface area contributed by atoms with Crippen molar-refractivity contribution in [2.45, 2.75) is 23.2 Å². The maximum Gasteiger partial charge on any atom is 0.416 e. The van der Waals surface area contributed by atoms with E-state index < -0.39 is 21.8 Å². The van der Waals surface area contributed by atoms with Crippen molar-refractivity contribution in [2.24, 2.45) is 0 Å². The van der Waals surface area contributed by atoms with E-state index in [4.69, 9.17) is 4.52 Å². The van der Waals surface area contributed by atoms with Gasteiger partial charge in [-0.25, -0.2) is 8.42 Å². The molecule has 0 unspecified atom stereocenters. The van der Waals surface area contributed by atoms with E-state index in [1.165, 1.54) is 27.8 Å². The summed E-state index contributed by atoms with van der Waals surface area (Å²) in [5.41, 5.74) is -0.619. The molecule has 3 aromatic rings. The van der Waals surface area contributed by atoms with Gasteiger partial charge in [-0.1, -0.05) is 17.3 Å². The van der Waals surface area contributed by atoms with Gasteiger partial charge in [0.25, 0.3) is 10.0 Å². The number of nitrogens with zero attached hydrogens (tertiary/aromatic N) is 3. The summed E-state index contributed by atoms with van der Waals surface area (Å²) in [6.45, 7) is 2.20. The maximum absolute atomic E-state index is 12.9. The lowest BCUT2D eigenvalue weighted by molar-refractivity contribution is -0.137. The fourth-order valence-electron chi connectivity index (χ4n) is 2.82. The van der Waals surface area contributed by atoms with E-state index >= 15 is 0 Å². The number of thiophene rings is 1. The minimum absolute atomic E-state index is 0.0382. The molecule has 1 aliphatic heterocycles. The molecule has 1 saturated heterocycles. The number of hydrogen-bond acceptors (Lipinski definition) is 6. The number of benzene rings is 1. The Balaban J connectivity index is 1.48. The Hall–Kier alpha value is -2.24. The summed E-state index contributed by atoms with van der Waals surface area (Å²) in [6.07, 6.45) is -4.47. The molecule has 0 spiro atoms. The number of sulfonamides is 1. The minimum atomic E-state index is -4.47. The van der Waals surface area contributed by atoms with Crippen molar-refractivity contribution in [3.63, 3.8) is 0 Å². The summed E-state index contributed by atoms with van der Waals surface area (Å²) in [5, 5.41) is 3.74. The van der Waals surface area contributed by atoms with Gasteiger partial charge in [-0.3, -0.25) is 0 Å². The van der Waals surface area contributed by atoms with Gasteiger partial charge in [-0.2, -0.15) is 22.5 Å². The summed E-state index contributed by atoms with van der Waals surface area (Å²) in [6, 6.07) is 7.96. The Morgan fingerprint density at radius 3 is 2.61 bits per heavy atom. The molecule has 0 bridgehead atoms. The first-order valence-electron chi connectivity index (χ1n) is 8.22. The standard InChI is InChI=1S/C17H14F3N3O3S2/c1-10-5-6-14(27-10)28(24,25)23-8-12(9-23)16-21-15(22-26-16)11-3-2-4-13(7-11)17(18,19)20/h2-7,12H,8-9H2,1H3. The molecule has 3 heterocycles. The number of hydrogen-bond donors (Lipinski definition) is 0. The predicted octanol–water partition coefficient (Wildman–Crippen LogP) is 3.91. The molecule has 4 rings (SSSR count). The molecule has 1 fully saturated rings. The summed E-state index contributed by atoms with van der Waals surface area (Å²) in [4.78, 5) is 5.06. The van der Waals surface area contributed by atoms with Crippen LogP contribution in [0.2, 0.25) is 0 Å². The average molecular weight is 429 g/mol. The number of rotatable bonds is 4. The molecule has 0 atom stereocenters. The lowest BCUT2D eigenvalue weighted by atomic mass is 10.0. The normalized spacial score (nSPS) is 16.3. The molecule has 0 N–H and O–H groups in total. The third-order valence-electron chi connectivity index (χ3n) is 4.40. The SMILES string of the molecule is Cc1ccc(S(=O)(=O)N2CC(c3nc(-c4cccc(C(F)(F)F)c4)no3)C2)s1. The monoisotopic (exact) mass is 429 g/mol. The van der Waals surface area contributed by atoms with Crippen molar-refractivity contribution < 1.29 is 26.1 Å². The summed E-state index contributed by atoms with van der Waals surface area (Å²) >= 11 is 1.20. The van der Waals surface area contributed by atoms with E-state index in [-0.39, 0.29) is 40.5 Å². The van der Waals surface area contributed by atoms with Crippen LogP contribution in [0.1, 0.15) is 22.2 Å². The van der Waals surface area contributed by atoms with E-state index in [9.17, 15) is 21.6 Å². The highest BCUT2D eigenvalue weighted by Crippen LogP contribution is 2.35. The van der Waals surface area contributed by atoms with Crippen molar-refractivity contribution >= 4 is 21.4 Å². The Morgan fingerprint density at radius 2 is 1.96 bits per heavy atom. The Morgan fingerprint density at radius 1 is 1.21 bits per heavy atom. The van der Waals surface area contributed by atoms with Gasteiger partial charge in [-0.15, -0.1) is 11.3 Å². The van der Waals surface area contributed by atoms with Crippen LogP contribution in [-0.2, 0) is 16.2 Å². The second-order valence-electron chi connectivity index (χ2n) is 6.42. The van der Waals surface area contributed by atoms with E-state index in [1.807, 2.05) is 6.92 Å². The van der Waals surface area contributed by atoms with Crippen LogP contribution >= 0.6 is 11.3 Å². The average Bonchev–Trinajstić information content (AvgIpc) is 3.22. The summed E-state index contributed by atoms with van der Waals surface area (Å²) in [5.74, 6) is -0.0413. The molecule has 0 saturated carbocycles.